The number of halogens is 1. The fourth-order valence-electron chi connectivity index (χ4n) is 2.51. The van der Waals surface area contributed by atoms with Crippen molar-refractivity contribution in [2.45, 2.75) is 29.7 Å². The van der Waals surface area contributed by atoms with E-state index in [1.807, 2.05) is 0 Å². The van der Waals surface area contributed by atoms with Crippen molar-refractivity contribution in [2.24, 2.45) is 7.05 Å². The van der Waals surface area contributed by atoms with Crippen molar-refractivity contribution in [3.8, 4) is 0 Å². The van der Waals surface area contributed by atoms with Crippen molar-refractivity contribution >= 4 is 23.6 Å². The highest BCUT2D eigenvalue weighted by Gasteiger charge is 2.33. The van der Waals surface area contributed by atoms with E-state index >= 15 is 0 Å². The zero-order valence-corrected chi connectivity index (χ0v) is 13.9. The number of aryl methyl sites for hydroxylation is 1. The van der Waals surface area contributed by atoms with E-state index in [9.17, 15) is 14.0 Å². The molecule has 2 amide bonds. The van der Waals surface area contributed by atoms with Crippen LogP contribution in [0.2, 0.25) is 0 Å². The topological polar surface area (TPSA) is 81.0 Å². The Bertz CT molecular complexity index is 749. The Hall–Kier alpha value is -2.29. The minimum Gasteiger partial charge on any atom is -0.278 e. The third kappa shape index (κ3) is 3.45. The van der Waals surface area contributed by atoms with Crippen molar-refractivity contribution in [3.05, 3.63) is 35.6 Å². The minimum atomic E-state index is -0.419. The van der Waals surface area contributed by atoms with E-state index in [0.717, 1.165) is 12.8 Å². The van der Waals surface area contributed by atoms with Gasteiger partial charge in [0.05, 0.1) is 5.25 Å². The summed E-state index contributed by atoms with van der Waals surface area (Å²) in [7, 11) is 1.70. The Labute approximate surface area is 142 Å². The zero-order chi connectivity index (χ0) is 17.1. The van der Waals surface area contributed by atoms with Gasteiger partial charge in [0.25, 0.3) is 5.91 Å². The quantitative estimate of drug-likeness (QED) is 0.784. The Morgan fingerprint density at radius 1 is 1.29 bits per heavy atom. The van der Waals surface area contributed by atoms with Gasteiger partial charge in [-0.05, 0) is 47.5 Å². The number of aromatic nitrogens is 4. The molecule has 1 fully saturated rings. The zero-order valence-electron chi connectivity index (χ0n) is 13.1. The van der Waals surface area contributed by atoms with E-state index in [1.165, 1.54) is 45.6 Å². The molecule has 3 rings (SSSR count). The van der Waals surface area contributed by atoms with Gasteiger partial charge in [-0.25, -0.2) is 9.07 Å². The second-order valence-electron chi connectivity index (χ2n) is 5.49. The van der Waals surface area contributed by atoms with Gasteiger partial charge in [0.1, 0.15) is 5.82 Å². The summed E-state index contributed by atoms with van der Waals surface area (Å²) in [5.74, 6) is -1.07. The number of benzene rings is 1. The number of hydrogen-bond donors (Lipinski definition) is 0. The number of tetrazole rings is 1. The molecule has 2 aromatic rings. The Morgan fingerprint density at radius 3 is 2.71 bits per heavy atom. The first-order chi connectivity index (χ1) is 11.6. The summed E-state index contributed by atoms with van der Waals surface area (Å²) >= 11 is 1.26. The van der Waals surface area contributed by atoms with Crippen LogP contribution in [0, 0.1) is 5.82 Å². The van der Waals surface area contributed by atoms with Crippen molar-refractivity contribution < 1.29 is 14.0 Å². The Kier molecular flexibility index (Phi) is 4.89. The van der Waals surface area contributed by atoms with Crippen molar-refractivity contribution in [1.82, 2.24) is 25.1 Å². The van der Waals surface area contributed by atoms with Crippen LogP contribution in [0.15, 0.2) is 29.4 Å². The van der Waals surface area contributed by atoms with E-state index < -0.39 is 17.0 Å². The van der Waals surface area contributed by atoms with Gasteiger partial charge < -0.3 is 0 Å². The molecule has 1 aliphatic rings. The van der Waals surface area contributed by atoms with Crippen LogP contribution in [0.4, 0.5) is 4.39 Å². The van der Waals surface area contributed by atoms with E-state index in [1.54, 1.807) is 7.05 Å². The van der Waals surface area contributed by atoms with Gasteiger partial charge in [0.15, 0.2) is 0 Å². The molecule has 0 spiro atoms. The molecule has 7 nitrogen and oxygen atoms in total. The highest BCUT2D eigenvalue weighted by atomic mass is 32.2. The molecule has 24 heavy (non-hydrogen) atoms. The lowest BCUT2D eigenvalue weighted by Gasteiger charge is -2.22. The highest BCUT2D eigenvalue weighted by molar-refractivity contribution is 8.00. The summed E-state index contributed by atoms with van der Waals surface area (Å²) in [4.78, 5) is 26.7. The second-order valence-corrected chi connectivity index (χ2v) is 6.66. The van der Waals surface area contributed by atoms with Crippen molar-refractivity contribution in [2.75, 3.05) is 6.54 Å². The molecule has 9 heteroatoms. The van der Waals surface area contributed by atoms with Crippen LogP contribution in [-0.2, 0) is 11.8 Å². The number of nitrogens with zero attached hydrogens (tertiary/aromatic N) is 5. The van der Waals surface area contributed by atoms with E-state index in [-0.39, 0.29) is 5.91 Å². The van der Waals surface area contributed by atoms with Crippen LogP contribution < -0.4 is 0 Å². The fourth-order valence-corrected chi connectivity index (χ4v) is 3.55. The Morgan fingerprint density at radius 2 is 2.04 bits per heavy atom. The molecule has 1 aromatic heterocycles. The molecular weight excluding hydrogens is 333 g/mol. The average Bonchev–Trinajstić information content (AvgIpc) is 2.88. The first-order valence-corrected chi connectivity index (χ1v) is 8.44. The first kappa shape index (κ1) is 16.6. The predicted octanol–water partition coefficient (Wildman–Crippen LogP) is 1.66. The van der Waals surface area contributed by atoms with Gasteiger partial charge >= 0.3 is 0 Å². The van der Waals surface area contributed by atoms with E-state index in [0.29, 0.717) is 23.7 Å². The SMILES string of the molecule is Cn1nnnc1S[C@H]1CCCCN(C(=O)c2ccc(F)cc2)C1=O. The lowest BCUT2D eigenvalue weighted by Crippen LogP contribution is -2.41. The molecule has 1 saturated heterocycles. The van der Waals surface area contributed by atoms with Gasteiger partial charge in [-0.15, -0.1) is 5.10 Å². The molecule has 0 radical (unpaired) electrons. The monoisotopic (exact) mass is 349 g/mol. The van der Waals surface area contributed by atoms with Gasteiger partial charge in [-0.1, -0.05) is 18.2 Å². The van der Waals surface area contributed by atoms with Crippen molar-refractivity contribution in [3.63, 3.8) is 0 Å². The maximum Gasteiger partial charge on any atom is 0.260 e. The summed E-state index contributed by atoms with van der Waals surface area (Å²) in [5, 5.41) is 11.3. The van der Waals surface area contributed by atoms with Crippen molar-refractivity contribution in [1.29, 1.82) is 0 Å². The number of likely N-dealkylation sites (tertiary alicyclic amines) is 1. The molecule has 0 bridgehead atoms. The largest absolute Gasteiger partial charge is 0.278 e. The van der Waals surface area contributed by atoms with Gasteiger partial charge in [-0.2, -0.15) is 0 Å². The normalized spacial score (nSPS) is 18.5. The second kappa shape index (κ2) is 7.08. The van der Waals surface area contributed by atoms with Gasteiger partial charge in [0, 0.05) is 19.2 Å². The molecule has 0 unspecified atom stereocenters. The van der Waals surface area contributed by atoms with Crippen LogP contribution in [0.3, 0.4) is 0 Å². The smallest absolute Gasteiger partial charge is 0.260 e. The number of imide groups is 1. The van der Waals surface area contributed by atoms with E-state index in [4.69, 9.17) is 0 Å². The third-order valence-electron chi connectivity index (χ3n) is 3.80. The summed E-state index contributed by atoms with van der Waals surface area (Å²) in [6.07, 6.45) is 2.23. The maximum absolute atomic E-state index is 13.0. The van der Waals surface area contributed by atoms with Crippen LogP contribution in [0.5, 0.6) is 0 Å². The summed E-state index contributed by atoms with van der Waals surface area (Å²) < 4.78 is 14.5. The molecule has 0 saturated carbocycles. The summed E-state index contributed by atoms with van der Waals surface area (Å²) in [6.45, 7) is 0.364. The van der Waals surface area contributed by atoms with Crippen LogP contribution in [-0.4, -0.2) is 48.7 Å². The number of rotatable bonds is 3. The molecule has 0 aliphatic carbocycles. The first-order valence-electron chi connectivity index (χ1n) is 7.56. The van der Waals surface area contributed by atoms with Crippen LogP contribution in [0.25, 0.3) is 0 Å². The maximum atomic E-state index is 13.0. The number of thioether (sulfide) groups is 1. The molecule has 1 atom stereocenters. The molecule has 126 valence electrons. The number of hydrogen-bond acceptors (Lipinski definition) is 6. The standard InChI is InChI=1S/C15H16FN5O2S/c1-20-15(17-18-19-20)24-12-4-2-3-9-21(14(12)23)13(22)10-5-7-11(16)8-6-10/h5-8,12H,2-4,9H2,1H3/t12-/m0/s1. The number of carbonyl (C=O) groups is 2. The third-order valence-corrected chi connectivity index (χ3v) is 5.08. The lowest BCUT2D eigenvalue weighted by molar-refractivity contribution is -0.127. The number of amides is 2. The molecule has 1 aliphatic heterocycles. The highest BCUT2D eigenvalue weighted by Crippen LogP contribution is 2.28. The molecular formula is C15H16FN5O2S. The summed E-state index contributed by atoms with van der Waals surface area (Å²) in [6, 6.07) is 5.22. The fraction of sp³-hybridized carbons (Fsp3) is 0.400. The van der Waals surface area contributed by atoms with E-state index in [2.05, 4.69) is 15.5 Å². The molecule has 0 N–H and O–H groups in total. The average molecular weight is 349 g/mol. The number of carbonyl (C=O) groups excluding carboxylic acids is 2. The minimum absolute atomic E-state index is 0.255. The predicted molar refractivity (Wildman–Crippen MR) is 84.7 cm³/mol. The molecule has 2 heterocycles. The Balaban J connectivity index is 1.79. The summed E-state index contributed by atoms with van der Waals surface area (Å²) in [5.41, 5.74) is 0.302. The van der Waals surface area contributed by atoms with Crippen LogP contribution >= 0.6 is 11.8 Å². The van der Waals surface area contributed by atoms with Gasteiger partial charge in [-0.3, -0.25) is 14.5 Å². The lowest BCUT2D eigenvalue weighted by atomic mass is 10.2. The molecule has 1 aromatic carbocycles. The van der Waals surface area contributed by atoms with Gasteiger partial charge in [0.2, 0.25) is 11.1 Å². The van der Waals surface area contributed by atoms with Crippen LogP contribution in [0.1, 0.15) is 29.6 Å².